The zero-order valence-corrected chi connectivity index (χ0v) is 25.5. The number of pyridine rings is 1. The van der Waals surface area contributed by atoms with Gasteiger partial charge >= 0.3 is 0 Å². The van der Waals surface area contributed by atoms with Crippen LogP contribution >= 0.6 is 0 Å². The smallest absolute Gasteiger partial charge is 0.218 e. The molecule has 2 aliphatic heterocycles. The van der Waals surface area contributed by atoms with Gasteiger partial charge in [0, 0.05) is 62.6 Å². The van der Waals surface area contributed by atoms with E-state index in [0.717, 1.165) is 56.1 Å². The maximum Gasteiger partial charge on any atom is 0.218 e. The Hall–Kier alpha value is -2.75. The van der Waals surface area contributed by atoms with Crippen molar-refractivity contribution in [1.29, 1.82) is 0 Å². The molecule has 42 heavy (non-hydrogen) atoms. The molecule has 2 aromatic rings. The van der Waals surface area contributed by atoms with Crippen molar-refractivity contribution in [2.45, 2.75) is 109 Å². The summed E-state index contributed by atoms with van der Waals surface area (Å²) in [7, 11) is 0. The molecule has 3 aliphatic rings. The highest BCUT2D eigenvalue weighted by Gasteiger charge is 2.46. The first-order chi connectivity index (χ1) is 20.0. The largest absolute Gasteiger partial charge is 0.471 e. The zero-order valence-electron chi connectivity index (χ0n) is 25.5. The Labute approximate surface area is 249 Å². The number of amides is 1. The molecule has 3 heterocycles. The standard InChI is InChI=1S/C33H47FN4O4/c1-21(39)37-28(15-22-12-24(34)16-26(13-22)38-25-6-10-41-11-7-25)30(40)20-35-29-18-33(8-5-9-33)42-31-27(29)14-23(19-36-31)17-32(2,3)4/h12-14,16,19,25,28-30,35,38,40H,5-11,15,17-18,20H2,1-4H3,(H,37,39)/t28-,29-,30-/m0/s1. The Bertz CT molecular complexity index is 1240. The molecule has 9 heteroatoms. The lowest BCUT2D eigenvalue weighted by Crippen LogP contribution is -2.52. The second kappa shape index (κ2) is 12.9. The number of aliphatic hydroxyl groups excluding tert-OH is 1. The Morgan fingerprint density at radius 1 is 1.17 bits per heavy atom. The van der Waals surface area contributed by atoms with Gasteiger partial charge in [0.25, 0.3) is 0 Å². The molecule has 8 nitrogen and oxygen atoms in total. The van der Waals surface area contributed by atoms with Gasteiger partial charge in [-0.2, -0.15) is 0 Å². The number of halogens is 1. The van der Waals surface area contributed by atoms with Crippen molar-refractivity contribution >= 4 is 11.6 Å². The molecule has 1 aliphatic carbocycles. The van der Waals surface area contributed by atoms with Gasteiger partial charge < -0.3 is 30.5 Å². The minimum atomic E-state index is -0.890. The van der Waals surface area contributed by atoms with Gasteiger partial charge in [-0.05, 0) is 85.8 Å². The number of carbonyl (C=O) groups is 1. The highest BCUT2D eigenvalue weighted by Crippen LogP contribution is 2.48. The minimum Gasteiger partial charge on any atom is -0.471 e. The van der Waals surface area contributed by atoms with Crippen LogP contribution in [-0.4, -0.2) is 59.5 Å². The number of nitrogens with zero attached hydrogens (tertiary/aromatic N) is 1. The summed E-state index contributed by atoms with van der Waals surface area (Å²) in [5, 5.41) is 21.3. The fourth-order valence-electron chi connectivity index (χ4n) is 6.48. The topological polar surface area (TPSA) is 105 Å². The van der Waals surface area contributed by atoms with E-state index in [0.29, 0.717) is 36.8 Å². The summed E-state index contributed by atoms with van der Waals surface area (Å²) in [6.45, 7) is 9.72. The van der Waals surface area contributed by atoms with Gasteiger partial charge in [0.05, 0.1) is 12.1 Å². The van der Waals surface area contributed by atoms with E-state index in [2.05, 4.69) is 42.8 Å². The van der Waals surface area contributed by atoms with Crippen LogP contribution in [0.25, 0.3) is 0 Å². The molecule has 1 spiro atoms. The maximum atomic E-state index is 14.6. The van der Waals surface area contributed by atoms with Crippen LogP contribution in [0, 0.1) is 11.2 Å². The molecule has 1 saturated heterocycles. The molecule has 2 fully saturated rings. The summed E-state index contributed by atoms with van der Waals surface area (Å²) in [6, 6.07) is 6.68. The predicted molar refractivity (Wildman–Crippen MR) is 161 cm³/mol. The molecule has 1 aromatic heterocycles. The molecule has 4 N–H and O–H groups in total. The predicted octanol–water partition coefficient (Wildman–Crippen LogP) is 4.84. The average Bonchev–Trinajstić information content (AvgIpc) is 2.89. The second-order valence-electron chi connectivity index (χ2n) is 13.7. The lowest BCUT2D eigenvalue weighted by molar-refractivity contribution is -0.120. The summed E-state index contributed by atoms with van der Waals surface area (Å²) in [6.07, 6.45) is 7.91. The van der Waals surface area contributed by atoms with Crippen LogP contribution < -0.4 is 20.7 Å². The summed E-state index contributed by atoms with van der Waals surface area (Å²) in [5.41, 5.74) is 3.52. The number of carbonyl (C=O) groups excluding carboxylic acids is 1. The van der Waals surface area contributed by atoms with E-state index in [4.69, 9.17) is 14.5 Å². The monoisotopic (exact) mass is 582 g/mol. The van der Waals surface area contributed by atoms with Crippen LogP contribution in [0.1, 0.15) is 89.0 Å². The minimum absolute atomic E-state index is 0.0291. The molecule has 1 amide bonds. The van der Waals surface area contributed by atoms with Crippen LogP contribution in [0.15, 0.2) is 30.5 Å². The van der Waals surface area contributed by atoms with Gasteiger partial charge in [-0.15, -0.1) is 0 Å². The van der Waals surface area contributed by atoms with E-state index < -0.39 is 12.1 Å². The first-order valence-electron chi connectivity index (χ1n) is 15.5. The number of ether oxygens (including phenoxy) is 2. The van der Waals surface area contributed by atoms with Gasteiger partial charge in [-0.1, -0.05) is 20.8 Å². The van der Waals surface area contributed by atoms with Gasteiger partial charge in [-0.3, -0.25) is 4.79 Å². The fourth-order valence-corrected chi connectivity index (χ4v) is 6.48. The summed E-state index contributed by atoms with van der Waals surface area (Å²) in [4.78, 5) is 16.8. The van der Waals surface area contributed by atoms with E-state index in [9.17, 15) is 14.3 Å². The molecule has 1 aromatic carbocycles. The molecule has 5 rings (SSSR count). The molecule has 0 radical (unpaired) electrons. The van der Waals surface area contributed by atoms with Gasteiger partial charge in [-0.25, -0.2) is 9.37 Å². The van der Waals surface area contributed by atoms with Crippen LogP contribution in [-0.2, 0) is 22.4 Å². The first-order valence-corrected chi connectivity index (χ1v) is 15.5. The van der Waals surface area contributed by atoms with E-state index in [1.807, 2.05) is 12.3 Å². The highest BCUT2D eigenvalue weighted by molar-refractivity contribution is 5.73. The maximum absolute atomic E-state index is 14.6. The first kappa shape index (κ1) is 30.7. The molecule has 230 valence electrons. The molecule has 1 saturated carbocycles. The molecule has 0 bridgehead atoms. The van der Waals surface area contributed by atoms with Crippen LogP contribution in [0.4, 0.5) is 10.1 Å². The fraction of sp³-hybridized carbons (Fsp3) is 0.636. The normalized spacial score (nSPS) is 21.5. The molecule has 0 unspecified atom stereocenters. The number of rotatable bonds is 10. The lowest BCUT2D eigenvalue weighted by Gasteiger charge is -2.47. The van der Waals surface area contributed by atoms with E-state index in [1.54, 1.807) is 0 Å². The molecular weight excluding hydrogens is 535 g/mol. The average molecular weight is 583 g/mol. The number of hydrogen-bond donors (Lipinski definition) is 4. The number of anilines is 1. The van der Waals surface area contributed by atoms with Gasteiger partial charge in [0.2, 0.25) is 11.8 Å². The third kappa shape index (κ3) is 7.99. The zero-order chi connectivity index (χ0) is 29.9. The summed E-state index contributed by atoms with van der Waals surface area (Å²) >= 11 is 0. The second-order valence-corrected chi connectivity index (χ2v) is 13.7. The Morgan fingerprint density at radius 3 is 2.60 bits per heavy atom. The summed E-state index contributed by atoms with van der Waals surface area (Å²) < 4.78 is 26.5. The Kier molecular flexibility index (Phi) is 9.40. The van der Waals surface area contributed by atoms with E-state index in [1.165, 1.54) is 19.1 Å². The van der Waals surface area contributed by atoms with Gasteiger partial charge in [0.1, 0.15) is 11.4 Å². The van der Waals surface area contributed by atoms with Crippen molar-refractivity contribution in [3.63, 3.8) is 0 Å². The van der Waals surface area contributed by atoms with Crippen molar-refractivity contribution in [3.05, 3.63) is 53.0 Å². The lowest BCUT2D eigenvalue weighted by atomic mass is 9.73. The number of benzene rings is 1. The van der Waals surface area contributed by atoms with Crippen molar-refractivity contribution in [1.82, 2.24) is 15.6 Å². The number of hydrogen-bond acceptors (Lipinski definition) is 7. The number of aromatic nitrogens is 1. The number of aliphatic hydroxyl groups is 1. The molecule has 3 atom stereocenters. The van der Waals surface area contributed by atoms with Crippen molar-refractivity contribution in [2.75, 3.05) is 25.1 Å². The van der Waals surface area contributed by atoms with Crippen molar-refractivity contribution < 1.29 is 23.8 Å². The highest BCUT2D eigenvalue weighted by atomic mass is 19.1. The van der Waals surface area contributed by atoms with Crippen LogP contribution in [0.5, 0.6) is 5.88 Å². The summed E-state index contributed by atoms with van der Waals surface area (Å²) in [5.74, 6) is 0.0876. The quantitative estimate of drug-likeness (QED) is 0.318. The van der Waals surface area contributed by atoms with E-state index >= 15 is 0 Å². The number of fused-ring (bicyclic) bond motifs is 1. The van der Waals surface area contributed by atoms with Crippen molar-refractivity contribution in [2.24, 2.45) is 5.41 Å². The van der Waals surface area contributed by atoms with Gasteiger partial charge in [0.15, 0.2) is 0 Å². The third-order valence-electron chi connectivity index (χ3n) is 8.63. The van der Waals surface area contributed by atoms with E-state index in [-0.39, 0.29) is 41.4 Å². The number of nitrogens with one attached hydrogen (secondary N) is 3. The molecular formula is C33H47FN4O4. The Balaban J connectivity index is 1.29. The van der Waals surface area contributed by atoms with Crippen LogP contribution in [0.2, 0.25) is 0 Å². The SMILES string of the molecule is CC(=O)N[C@@H](Cc1cc(F)cc(NC2CCOCC2)c1)[C@@H](O)CN[C@H]1CC2(CCC2)Oc2ncc(CC(C)(C)C)cc21. The van der Waals surface area contributed by atoms with Crippen LogP contribution in [0.3, 0.4) is 0 Å². The third-order valence-corrected chi connectivity index (χ3v) is 8.63. The Morgan fingerprint density at radius 2 is 1.93 bits per heavy atom. The van der Waals surface area contributed by atoms with Crippen molar-refractivity contribution in [3.8, 4) is 5.88 Å².